The van der Waals surface area contributed by atoms with Gasteiger partial charge in [0.1, 0.15) is 11.7 Å². The Bertz CT molecular complexity index is 455. The summed E-state index contributed by atoms with van der Waals surface area (Å²) in [6.45, 7) is 1.47. The minimum atomic E-state index is -0.761. The number of pyridine rings is 1. The predicted molar refractivity (Wildman–Crippen MR) is 64.2 cm³/mol. The zero-order chi connectivity index (χ0) is 11.2. The molecule has 0 aromatic carbocycles. The van der Waals surface area contributed by atoms with Gasteiger partial charge in [-0.25, -0.2) is 0 Å². The van der Waals surface area contributed by atoms with E-state index < -0.39 is 5.60 Å². The minimum absolute atomic E-state index is 0. The maximum absolute atomic E-state index is 12.0. The normalized spacial score (nSPS) is 25.5. The van der Waals surface area contributed by atoms with Gasteiger partial charge in [0.2, 0.25) is 0 Å². The second-order valence-corrected chi connectivity index (χ2v) is 4.34. The summed E-state index contributed by atoms with van der Waals surface area (Å²) in [5.41, 5.74) is -0.226. The smallest absolute Gasteiger partial charge is 0.164 e. The van der Waals surface area contributed by atoms with Crippen LogP contribution >= 0.6 is 0 Å². The molecule has 6 heteroatoms. The number of carbonyl (C=O) groups is 1. The number of ether oxygens (including phenoxy) is 1. The van der Waals surface area contributed by atoms with E-state index in [1.54, 1.807) is 18.5 Å². The zero-order valence-electron chi connectivity index (χ0n) is 10.4. The van der Waals surface area contributed by atoms with Gasteiger partial charge < -0.3 is 27.2 Å². The van der Waals surface area contributed by atoms with Gasteiger partial charge in [0.15, 0.2) is 5.60 Å². The second-order valence-electron chi connectivity index (χ2n) is 4.34. The monoisotopic (exact) mass is 420 g/mol. The Morgan fingerprint density at radius 1 is 1.56 bits per heavy atom. The summed E-state index contributed by atoms with van der Waals surface area (Å²) >= 11 is 0. The summed E-state index contributed by atoms with van der Waals surface area (Å²) in [6.07, 6.45) is 3.91. The fraction of sp³-hybridized carbons (Fsp3) is 0.417. The predicted octanol–water partition coefficient (Wildman–Crippen LogP) is 1.53. The molecule has 1 amide bonds. The quantitative estimate of drug-likeness (QED) is 0.599. The van der Waals surface area contributed by atoms with Crippen LogP contribution in [0.3, 0.4) is 0 Å². The third kappa shape index (κ3) is 2.28. The van der Waals surface area contributed by atoms with Gasteiger partial charge in [-0.2, -0.15) is 0 Å². The molecule has 1 saturated heterocycles. The van der Waals surface area contributed by atoms with Crippen LogP contribution in [-0.2, 0) is 25.2 Å². The molecule has 1 atom stereocenters. The number of rotatable bonds is 0. The van der Waals surface area contributed by atoms with Crippen LogP contribution < -0.4 is 4.74 Å². The first-order chi connectivity index (χ1) is 7.70. The molecule has 3 heterocycles. The number of hydrogen-bond donors (Lipinski definition) is 0. The van der Waals surface area contributed by atoms with Gasteiger partial charge in [-0.05, 0) is 13.1 Å². The van der Waals surface area contributed by atoms with Gasteiger partial charge in [-0.15, -0.1) is 0 Å². The molecule has 1 fully saturated rings. The third-order valence-corrected chi connectivity index (χ3v) is 3.10. The van der Waals surface area contributed by atoms with E-state index in [2.05, 4.69) is 15.2 Å². The molecular weight excluding hydrogens is 404 g/mol. The number of hydrogen-bond acceptors (Lipinski definition) is 4. The van der Waals surface area contributed by atoms with Crippen LogP contribution in [0.5, 0.6) is 5.75 Å². The van der Waals surface area contributed by atoms with Crippen molar-refractivity contribution in [2.45, 2.75) is 12.0 Å². The molecule has 0 N–H and O–H groups in total. The Balaban J connectivity index is 0.000000810. The number of nitrogens with zero attached hydrogens (tertiary/aromatic N) is 3. The fourth-order valence-corrected chi connectivity index (χ4v) is 2.23. The molecule has 3 rings (SSSR count). The maximum atomic E-state index is 12.0. The molecule has 1 spiro atoms. The summed E-state index contributed by atoms with van der Waals surface area (Å²) in [6, 6.07) is 1.76. The van der Waals surface area contributed by atoms with Crippen LogP contribution in [0.2, 0.25) is 0 Å². The van der Waals surface area contributed by atoms with Gasteiger partial charge in [-0.1, -0.05) is 5.69 Å². The van der Waals surface area contributed by atoms with Crippen molar-refractivity contribution in [2.24, 2.45) is 0 Å². The van der Waals surface area contributed by atoms with Crippen molar-refractivity contribution < 1.29 is 30.0 Å². The first-order valence-electron chi connectivity index (χ1n) is 5.27. The fourth-order valence-electron chi connectivity index (χ4n) is 2.23. The number of likely N-dealkylation sites (N-methyl/N-ethyl adjacent to an activating group) is 1. The molecule has 2 aliphatic heterocycles. The van der Waals surface area contributed by atoms with Crippen molar-refractivity contribution >= 4 is 11.6 Å². The van der Waals surface area contributed by atoms with E-state index in [0.29, 0.717) is 24.4 Å². The summed E-state index contributed by atoms with van der Waals surface area (Å²) in [5.74, 6) is 0.474. The van der Waals surface area contributed by atoms with Crippen LogP contribution in [0.1, 0.15) is 6.42 Å². The molecule has 1 aromatic heterocycles. The average molecular weight is 419 g/mol. The standard InChI is InChI=1S/C11H13N3O2.CH3.Re/c1-14-5-3-11(7-14)10(15)13-8-6-12-4-2-9(8)16-11;;/h2,4,6H,3,5,7H2,1H3,(H,13,15);1H3;/q;-1;/p-1. The third-order valence-electron chi connectivity index (χ3n) is 3.10. The minimum Gasteiger partial charge on any atom is -0.619 e. The molecule has 5 nitrogen and oxygen atoms in total. The Hall–Kier alpha value is -0.958. The van der Waals surface area contributed by atoms with E-state index in [9.17, 15) is 4.79 Å². The summed E-state index contributed by atoms with van der Waals surface area (Å²) in [7, 11) is 1.98. The van der Waals surface area contributed by atoms with E-state index in [-0.39, 0.29) is 33.8 Å². The number of aromatic nitrogens is 1. The van der Waals surface area contributed by atoms with Gasteiger partial charge in [0.05, 0.1) is 0 Å². The number of carbonyl (C=O) groups excluding carboxylic acids is 1. The number of fused-ring (bicyclic) bond motifs is 1. The zero-order valence-corrected chi connectivity index (χ0v) is 13.1. The molecule has 2 aliphatic rings. The Kier molecular flexibility index (Phi) is 4.49. The number of likely N-dealkylation sites (tertiary alicyclic amines) is 1. The van der Waals surface area contributed by atoms with Gasteiger partial charge in [-0.3, -0.25) is 4.98 Å². The Morgan fingerprint density at radius 3 is 3.00 bits per heavy atom. The van der Waals surface area contributed by atoms with Crippen LogP contribution in [-0.4, -0.2) is 41.5 Å². The second kappa shape index (κ2) is 5.35. The van der Waals surface area contributed by atoms with Crippen molar-refractivity contribution in [2.75, 3.05) is 20.1 Å². The Morgan fingerprint density at radius 2 is 2.33 bits per heavy atom. The first-order valence-corrected chi connectivity index (χ1v) is 5.27. The Labute approximate surface area is 121 Å². The molecule has 1 radical (unpaired) electrons. The van der Waals surface area contributed by atoms with E-state index in [0.717, 1.165) is 6.54 Å². The van der Waals surface area contributed by atoms with E-state index in [1.807, 2.05) is 7.05 Å². The molecule has 1 aromatic rings. The topological polar surface area (TPSA) is 56.5 Å². The van der Waals surface area contributed by atoms with E-state index >= 15 is 0 Å². The van der Waals surface area contributed by atoms with Crippen molar-refractivity contribution in [3.05, 3.63) is 31.2 Å². The summed E-state index contributed by atoms with van der Waals surface area (Å²) < 4.78 is 5.84. The molecule has 0 aliphatic carbocycles. The summed E-state index contributed by atoms with van der Waals surface area (Å²) in [5, 5.41) is 4.06. The van der Waals surface area contributed by atoms with E-state index in [1.165, 1.54) is 0 Å². The molecule has 0 bridgehead atoms. The summed E-state index contributed by atoms with van der Waals surface area (Å²) in [4.78, 5) is 18.0. The molecule has 99 valence electrons. The van der Waals surface area contributed by atoms with Gasteiger partial charge in [0, 0.05) is 52.3 Å². The van der Waals surface area contributed by atoms with Crippen molar-refractivity contribution in [3.8, 4) is 5.75 Å². The number of amides is 1. The maximum Gasteiger partial charge on any atom is 0.164 e. The molecule has 0 saturated carbocycles. The first kappa shape index (κ1) is 15.1. The average Bonchev–Trinajstić information content (AvgIpc) is 2.63. The van der Waals surface area contributed by atoms with Gasteiger partial charge in [0.25, 0.3) is 0 Å². The molecular formula is C12H15N3O2Re-2. The SMILES string of the molecule is CN1CCC2(C1)Oc1ccncc1[N-]C2=O.[CH3-].[Re]. The largest absolute Gasteiger partial charge is 0.619 e. The van der Waals surface area contributed by atoms with Crippen molar-refractivity contribution in [3.63, 3.8) is 0 Å². The molecule has 1 unspecified atom stereocenters. The van der Waals surface area contributed by atoms with Crippen LogP contribution in [0.15, 0.2) is 18.5 Å². The van der Waals surface area contributed by atoms with Crippen LogP contribution in [0.4, 0.5) is 5.69 Å². The van der Waals surface area contributed by atoms with Crippen molar-refractivity contribution in [1.82, 2.24) is 9.88 Å². The van der Waals surface area contributed by atoms with Crippen LogP contribution in [0, 0.1) is 7.43 Å². The van der Waals surface area contributed by atoms with E-state index in [4.69, 9.17) is 4.74 Å². The van der Waals surface area contributed by atoms with Crippen LogP contribution in [0.25, 0.3) is 5.32 Å². The molecule has 18 heavy (non-hydrogen) atoms. The van der Waals surface area contributed by atoms with Crippen molar-refractivity contribution in [1.29, 1.82) is 0 Å². The van der Waals surface area contributed by atoms with Gasteiger partial charge >= 0.3 is 0 Å².